The van der Waals surface area contributed by atoms with Crippen molar-refractivity contribution in [1.82, 2.24) is 4.72 Å². The minimum absolute atomic E-state index is 0.0317. The van der Waals surface area contributed by atoms with Gasteiger partial charge in [-0.1, -0.05) is 12.8 Å². The van der Waals surface area contributed by atoms with Gasteiger partial charge in [-0.25, -0.2) is 21.6 Å². The zero-order chi connectivity index (χ0) is 18.1. The molecule has 136 valence electrons. The first-order valence-electron chi connectivity index (χ1n) is 8.10. The molecule has 1 aliphatic rings. The number of sulfonamides is 1. The lowest BCUT2D eigenvalue weighted by molar-refractivity contribution is 0.296. The van der Waals surface area contributed by atoms with Crippen molar-refractivity contribution in [1.29, 1.82) is 0 Å². The van der Waals surface area contributed by atoms with E-state index in [0.717, 1.165) is 31.9 Å². The summed E-state index contributed by atoms with van der Waals surface area (Å²) < 4.78 is 52.4. The van der Waals surface area contributed by atoms with Crippen molar-refractivity contribution >= 4 is 19.9 Å². The van der Waals surface area contributed by atoms with Crippen LogP contribution in [0.15, 0.2) is 21.9 Å². The fraction of sp³-hybridized carbons (Fsp3) is 0.625. The predicted molar refractivity (Wildman–Crippen MR) is 94.1 cm³/mol. The van der Waals surface area contributed by atoms with Gasteiger partial charge in [0.25, 0.3) is 0 Å². The van der Waals surface area contributed by atoms with E-state index in [2.05, 4.69) is 4.72 Å². The van der Waals surface area contributed by atoms with Gasteiger partial charge in [-0.05, 0) is 62.4 Å². The van der Waals surface area contributed by atoms with Crippen LogP contribution in [0.4, 0.5) is 0 Å². The second-order valence-corrected chi connectivity index (χ2v) is 10.3. The van der Waals surface area contributed by atoms with Gasteiger partial charge >= 0.3 is 0 Å². The molecule has 2 rings (SSSR count). The Bertz CT molecular complexity index is 817. The first-order chi connectivity index (χ1) is 11.1. The molecule has 24 heavy (non-hydrogen) atoms. The lowest BCUT2D eigenvalue weighted by Crippen LogP contribution is -2.44. The molecular formula is C16H26N2O4S2. The highest BCUT2D eigenvalue weighted by atomic mass is 32.2. The van der Waals surface area contributed by atoms with Crippen LogP contribution in [-0.2, 0) is 19.9 Å². The Balaban J connectivity index is 2.44. The van der Waals surface area contributed by atoms with Gasteiger partial charge < -0.3 is 5.73 Å². The summed E-state index contributed by atoms with van der Waals surface area (Å²) in [5, 5.41) is 0. The van der Waals surface area contributed by atoms with E-state index in [9.17, 15) is 16.8 Å². The summed E-state index contributed by atoms with van der Waals surface area (Å²) in [7, 11) is -7.31. The van der Waals surface area contributed by atoms with Crippen LogP contribution >= 0.6 is 0 Å². The van der Waals surface area contributed by atoms with Crippen LogP contribution in [-0.4, -0.2) is 35.7 Å². The number of nitrogens with one attached hydrogen (secondary N) is 1. The molecule has 0 unspecified atom stereocenters. The predicted octanol–water partition coefficient (Wildman–Crippen LogP) is 1.50. The molecule has 1 fully saturated rings. The molecule has 0 amide bonds. The van der Waals surface area contributed by atoms with E-state index >= 15 is 0 Å². The average Bonchev–Trinajstić information content (AvgIpc) is 2.48. The standard InChI is InChI=1S/C16H26N2O4S2/c1-11-8-15(23(3,19)20)12(2)16(9-11)24(21,22)18-14-7-5-4-6-13(14)10-17/h8-9,13-14,18H,4-7,10,17H2,1-3H3/t13-,14-/m0/s1. The maximum absolute atomic E-state index is 12.9. The first kappa shape index (κ1) is 19.4. The summed E-state index contributed by atoms with van der Waals surface area (Å²) in [4.78, 5) is 0.0890. The van der Waals surface area contributed by atoms with Gasteiger partial charge in [0, 0.05) is 12.3 Å². The summed E-state index contributed by atoms with van der Waals surface area (Å²) in [6.45, 7) is 3.66. The number of hydrogen-bond donors (Lipinski definition) is 2. The number of benzene rings is 1. The molecule has 2 atom stereocenters. The second-order valence-electron chi connectivity index (χ2n) is 6.67. The molecule has 3 N–H and O–H groups in total. The lowest BCUT2D eigenvalue weighted by Gasteiger charge is -2.31. The largest absolute Gasteiger partial charge is 0.330 e. The van der Waals surface area contributed by atoms with Crippen LogP contribution in [0, 0.1) is 19.8 Å². The van der Waals surface area contributed by atoms with Crippen LogP contribution in [0.3, 0.4) is 0 Å². The first-order valence-corrected chi connectivity index (χ1v) is 11.5. The fourth-order valence-electron chi connectivity index (χ4n) is 3.37. The smallest absolute Gasteiger partial charge is 0.241 e. The zero-order valence-corrected chi connectivity index (χ0v) is 16.0. The highest BCUT2D eigenvalue weighted by Gasteiger charge is 2.30. The molecule has 0 saturated heterocycles. The minimum Gasteiger partial charge on any atom is -0.330 e. The van der Waals surface area contributed by atoms with Gasteiger partial charge in [0.1, 0.15) is 0 Å². The quantitative estimate of drug-likeness (QED) is 0.812. The normalized spacial score (nSPS) is 22.5. The van der Waals surface area contributed by atoms with E-state index in [-0.39, 0.29) is 27.3 Å². The molecule has 0 aromatic heterocycles. The molecular weight excluding hydrogens is 348 g/mol. The Labute approximate surface area is 144 Å². The third kappa shape index (κ3) is 4.17. The third-order valence-corrected chi connectivity index (χ3v) is 7.50. The summed E-state index contributed by atoms with van der Waals surface area (Å²) in [5.74, 6) is 0.119. The molecule has 0 bridgehead atoms. The molecule has 1 aliphatic carbocycles. The summed E-state index contributed by atoms with van der Waals surface area (Å²) >= 11 is 0. The Hall–Kier alpha value is -0.960. The van der Waals surface area contributed by atoms with E-state index in [1.807, 2.05) is 0 Å². The molecule has 0 aliphatic heterocycles. The second kappa shape index (κ2) is 7.11. The Morgan fingerprint density at radius 1 is 1.08 bits per heavy atom. The zero-order valence-electron chi connectivity index (χ0n) is 14.4. The molecule has 6 nitrogen and oxygen atoms in total. The number of rotatable bonds is 5. The van der Waals surface area contributed by atoms with Crippen LogP contribution < -0.4 is 10.5 Å². The van der Waals surface area contributed by atoms with Crippen LogP contribution in [0.5, 0.6) is 0 Å². The summed E-state index contributed by atoms with van der Waals surface area (Å²) in [6, 6.07) is 2.83. The van der Waals surface area contributed by atoms with Crippen LogP contribution in [0.2, 0.25) is 0 Å². The Kier molecular flexibility index (Phi) is 5.74. The van der Waals surface area contributed by atoms with Crippen molar-refractivity contribution in [3.8, 4) is 0 Å². The van der Waals surface area contributed by atoms with Gasteiger partial charge in [0.2, 0.25) is 10.0 Å². The van der Waals surface area contributed by atoms with Gasteiger partial charge in [-0.2, -0.15) is 0 Å². The molecule has 1 saturated carbocycles. The van der Waals surface area contributed by atoms with Crippen molar-refractivity contribution in [3.05, 3.63) is 23.3 Å². The molecule has 1 aromatic carbocycles. The molecule has 0 radical (unpaired) electrons. The SMILES string of the molecule is Cc1cc(S(C)(=O)=O)c(C)c(S(=O)(=O)N[C@H]2CCCC[C@H]2CN)c1. The molecule has 0 heterocycles. The Morgan fingerprint density at radius 3 is 2.25 bits per heavy atom. The van der Waals surface area contributed by atoms with E-state index in [4.69, 9.17) is 5.73 Å². The summed E-state index contributed by atoms with van der Waals surface area (Å²) in [5.41, 5.74) is 6.63. The van der Waals surface area contributed by atoms with Gasteiger partial charge in [0.15, 0.2) is 9.84 Å². The van der Waals surface area contributed by atoms with Gasteiger partial charge in [-0.15, -0.1) is 0 Å². The Morgan fingerprint density at radius 2 is 1.67 bits per heavy atom. The van der Waals surface area contributed by atoms with E-state index < -0.39 is 19.9 Å². The van der Waals surface area contributed by atoms with E-state index in [0.29, 0.717) is 12.1 Å². The van der Waals surface area contributed by atoms with E-state index in [1.54, 1.807) is 6.92 Å². The van der Waals surface area contributed by atoms with Crippen molar-refractivity contribution in [2.75, 3.05) is 12.8 Å². The van der Waals surface area contributed by atoms with Crippen LogP contribution in [0.1, 0.15) is 36.8 Å². The maximum Gasteiger partial charge on any atom is 0.241 e. The highest BCUT2D eigenvalue weighted by molar-refractivity contribution is 7.91. The van der Waals surface area contributed by atoms with Crippen molar-refractivity contribution in [2.45, 2.75) is 55.4 Å². The molecule has 0 spiro atoms. The third-order valence-electron chi connectivity index (χ3n) is 4.66. The lowest BCUT2D eigenvalue weighted by atomic mass is 9.85. The van der Waals surface area contributed by atoms with Crippen LogP contribution in [0.25, 0.3) is 0 Å². The molecule has 8 heteroatoms. The van der Waals surface area contributed by atoms with Gasteiger partial charge in [-0.3, -0.25) is 0 Å². The average molecular weight is 375 g/mol. The van der Waals surface area contributed by atoms with Crippen molar-refractivity contribution in [2.24, 2.45) is 11.7 Å². The summed E-state index contributed by atoms with van der Waals surface area (Å²) in [6.07, 6.45) is 4.77. The number of hydrogen-bond acceptors (Lipinski definition) is 5. The van der Waals surface area contributed by atoms with Crippen molar-refractivity contribution in [3.63, 3.8) is 0 Å². The molecule has 1 aromatic rings. The van der Waals surface area contributed by atoms with Crippen molar-refractivity contribution < 1.29 is 16.8 Å². The minimum atomic E-state index is -3.81. The van der Waals surface area contributed by atoms with Gasteiger partial charge in [0.05, 0.1) is 9.79 Å². The fourth-order valence-corrected chi connectivity index (χ4v) is 6.19. The van der Waals surface area contributed by atoms with E-state index in [1.165, 1.54) is 19.1 Å². The topological polar surface area (TPSA) is 106 Å². The number of aryl methyl sites for hydroxylation is 1. The highest BCUT2D eigenvalue weighted by Crippen LogP contribution is 2.28. The maximum atomic E-state index is 12.9. The monoisotopic (exact) mass is 374 g/mol. The number of nitrogens with two attached hydrogens (primary N) is 1. The number of sulfone groups is 1.